The Bertz CT molecular complexity index is 1700. The summed E-state index contributed by atoms with van der Waals surface area (Å²) in [5.74, 6) is -2.77. The third-order valence-electron chi connectivity index (χ3n) is 6.44. The highest BCUT2D eigenvalue weighted by Gasteiger charge is 2.31. The number of methoxy groups -OCH3 is 1. The number of rotatable bonds is 14. The molecule has 0 spiro atoms. The second-order valence-electron chi connectivity index (χ2n) is 9.51. The van der Waals surface area contributed by atoms with Gasteiger partial charge in [0, 0.05) is 10.4 Å². The van der Waals surface area contributed by atoms with Crippen LogP contribution in [0.1, 0.15) is 27.9 Å². The molecule has 232 valence electrons. The normalized spacial score (nSPS) is 13.4. The zero-order valence-corrected chi connectivity index (χ0v) is 26.4. The van der Waals surface area contributed by atoms with Gasteiger partial charge >= 0.3 is 17.3 Å². The number of aromatic nitrogens is 1. The molecule has 1 amide bonds. The molecule has 0 radical (unpaired) electrons. The van der Waals surface area contributed by atoms with E-state index in [9.17, 15) is 22.2 Å². The van der Waals surface area contributed by atoms with Gasteiger partial charge in [0.2, 0.25) is 5.91 Å². The van der Waals surface area contributed by atoms with E-state index in [0.29, 0.717) is 21.4 Å². The standard InChI is InChI=1S/C29H28ClN3O8S3/c1-40-29(35)24(15-19-5-3-2-4-6-19)28(34)32-25(16-20-7-11-22(12-8-20)33-41-43(36)37)26-17-42-27(31-26)18-44(38,39)23-13-9-21(30)10-14-23/h2-14,17,24-25,33H,15-16,18H2,1H3,(H,32,34)(H,36,37)/t24-,25-/m0/s1. The maximum atomic E-state index is 13.6. The quantitative estimate of drug-likeness (QED) is 0.0740. The topological polar surface area (TPSA) is 161 Å². The summed E-state index contributed by atoms with van der Waals surface area (Å²) in [5.41, 5.74) is 4.68. The Morgan fingerprint density at radius 1 is 1.00 bits per heavy atom. The van der Waals surface area contributed by atoms with Crippen LogP contribution in [0.5, 0.6) is 0 Å². The summed E-state index contributed by atoms with van der Waals surface area (Å²) in [4.78, 5) is 30.9. The van der Waals surface area contributed by atoms with Crippen LogP contribution >= 0.6 is 22.9 Å². The van der Waals surface area contributed by atoms with Crippen LogP contribution < -0.4 is 10.8 Å². The predicted octanol–water partition coefficient (Wildman–Crippen LogP) is 4.68. The summed E-state index contributed by atoms with van der Waals surface area (Å²) >= 11 is 4.53. The number of nitrogens with one attached hydrogen (secondary N) is 2. The van der Waals surface area contributed by atoms with Crippen LogP contribution in [-0.2, 0) is 58.4 Å². The number of thiazole rings is 1. The number of ether oxygens (including phenoxy) is 1. The maximum Gasteiger partial charge on any atom is 0.324 e. The maximum absolute atomic E-state index is 13.6. The molecule has 4 rings (SSSR count). The molecule has 3 atom stereocenters. The number of benzene rings is 3. The Morgan fingerprint density at radius 3 is 2.30 bits per heavy atom. The van der Waals surface area contributed by atoms with E-state index in [4.69, 9.17) is 20.9 Å². The molecule has 0 aliphatic carbocycles. The average Bonchev–Trinajstić information content (AvgIpc) is 3.47. The molecule has 1 heterocycles. The van der Waals surface area contributed by atoms with E-state index in [1.165, 1.54) is 31.4 Å². The summed E-state index contributed by atoms with van der Waals surface area (Å²) in [6, 6.07) is 20.8. The summed E-state index contributed by atoms with van der Waals surface area (Å²) in [6.45, 7) is 0. The molecular formula is C29H28ClN3O8S3. The summed E-state index contributed by atoms with van der Waals surface area (Å²) < 4.78 is 55.0. The lowest BCUT2D eigenvalue weighted by molar-refractivity contribution is -0.150. The number of sulfone groups is 1. The molecule has 0 aliphatic rings. The summed E-state index contributed by atoms with van der Waals surface area (Å²) in [7, 11) is -2.51. The first-order valence-corrected chi connectivity index (χ1v) is 17.0. The largest absolute Gasteiger partial charge is 0.468 e. The van der Waals surface area contributed by atoms with Crippen LogP contribution in [0.4, 0.5) is 5.69 Å². The highest BCUT2D eigenvalue weighted by molar-refractivity contribution is 7.90. The van der Waals surface area contributed by atoms with Crippen LogP contribution in [0, 0.1) is 5.92 Å². The molecule has 44 heavy (non-hydrogen) atoms. The molecule has 0 bridgehead atoms. The molecule has 0 fully saturated rings. The van der Waals surface area contributed by atoms with E-state index in [1.807, 2.05) is 6.07 Å². The van der Waals surface area contributed by atoms with Crippen molar-refractivity contribution in [3.05, 3.63) is 111 Å². The molecular weight excluding hydrogens is 650 g/mol. The molecule has 1 aromatic heterocycles. The first kappa shape index (κ1) is 33.2. The summed E-state index contributed by atoms with van der Waals surface area (Å²) in [5, 5.41) is 5.31. The van der Waals surface area contributed by atoms with Gasteiger partial charge in [-0.2, -0.15) is 4.21 Å². The first-order chi connectivity index (χ1) is 21.0. The van der Waals surface area contributed by atoms with Crippen molar-refractivity contribution < 1.29 is 35.8 Å². The number of hydrogen-bond donors (Lipinski definition) is 3. The molecule has 0 aliphatic heterocycles. The molecule has 11 nitrogen and oxygen atoms in total. The van der Waals surface area contributed by atoms with Crippen molar-refractivity contribution in [1.29, 1.82) is 0 Å². The predicted molar refractivity (Wildman–Crippen MR) is 167 cm³/mol. The van der Waals surface area contributed by atoms with Gasteiger partial charge in [0.05, 0.1) is 29.4 Å². The Balaban J connectivity index is 1.59. The smallest absolute Gasteiger partial charge is 0.324 e. The third-order valence-corrected chi connectivity index (χ3v) is 9.61. The minimum Gasteiger partial charge on any atom is -0.468 e. The van der Waals surface area contributed by atoms with Crippen LogP contribution in [0.25, 0.3) is 0 Å². The van der Waals surface area contributed by atoms with E-state index in [0.717, 1.165) is 22.5 Å². The third kappa shape index (κ3) is 9.42. The van der Waals surface area contributed by atoms with Crippen molar-refractivity contribution in [1.82, 2.24) is 10.3 Å². The van der Waals surface area contributed by atoms with E-state index in [-0.39, 0.29) is 23.5 Å². The summed E-state index contributed by atoms with van der Waals surface area (Å²) in [6.07, 6.45) is 0.339. The van der Waals surface area contributed by atoms with E-state index in [1.54, 1.807) is 53.9 Å². The lowest BCUT2D eigenvalue weighted by atomic mass is 9.97. The van der Waals surface area contributed by atoms with Crippen molar-refractivity contribution >= 4 is 61.7 Å². The van der Waals surface area contributed by atoms with Crippen molar-refractivity contribution in [2.45, 2.75) is 29.5 Å². The van der Waals surface area contributed by atoms with Gasteiger partial charge in [-0.25, -0.2) is 18.9 Å². The number of halogens is 1. The minimum absolute atomic E-state index is 0.105. The molecule has 15 heteroatoms. The highest BCUT2D eigenvalue weighted by atomic mass is 35.5. The molecule has 1 unspecified atom stereocenters. The van der Waals surface area contributed by atoms with Gasteiger partial charge < -0.3 is 10.1 Å². The first-order valence-electron chi connectivity index (χ1n) is 13.0. The van der Waals surface area contributed by atoms with Crippen LogP contribution in [0.15, 0.2) is 89.1 Å². The van der Waals surface area contributed by atoms with Gasteiger partial charge in [-0.05, 0) is 60.4 Å². The number of carbonyl (C=O) groups is 2. The monoisotopic (exact) mass is 677 g/mol. The number of esters is 1. The molecule has 0 saturated heterocycles. The van der Waals surface area contributed by atoms with Crippen LogP contribution in [0.3, 0.4) is 0 Å². The lowest BCUT2D eigenvalue weighted by Gasteiger charge is -2.21. The molecule has 3 N–H and O–H groups in total. The van der Waals surface area contributed by atoms with E-state index < -0.39 is 45.0 Å². The van der Waals surface area contributed by atoms with Gasteiger partial charge in [-0.15, -0.1) is 15.6 Å². The average molecular weight is 678 g/mol. The Hall–Kier alpha value is -3.66. The molecule has 3 aromatic carbocycles. The SMILES string of the molecule is COC(=O)[C@@H](Cc1ccccc1)C(=O)N[C@@H](Cc1ccc(NOS(=O)O)cc1)c1csc(CS(=O)(=O)c2ccc(Cl)cc2)n1. The number of carbonyl (C=O) groups excluding carboxylic acids is 2. The number of hydrogen-bond acceptors (Lipinski definition) is 10. The van der Waals surface area contributed by atoms with Gasteiger partial charge in [-0.3, -0.25) is 14.1 Å². The van der Waals surface area contributed by atoms with E-state index in [2.05, 4.69) is 20.1 Å². The number of amides is 1. The Kier molecular flexibility index (Phi) is 11.6. The fraction of sp³-hybridized carbons (Fsp3) is 0.207. The molecule has 4 aromatic rings. The minimum atomic E-state index is -3.72. The Labute approximate surface area is 266 Å². The van der Waals surface area contributed by atoms with Gasteiger partial charge in [0.1, 0.15) is 16.7 Å². The fourth-order valence-corrected chi connectivity index (χ4v) is 7.01. The second-order valence-corrected chi connectivity index (χ2v) is 13.5. The van der Waals surface area contributed by atoms with Gasteiger partial charge in [0.25, 0.3) is 0 Å². The number of anilines is 1. The van der Waals surface area contributed by atoms with Crippen molar-refractivity contribution in [2.75, 3.05) is 12.6 Å². The van der Waals surface area contributed by atoms with Crippen molar-refractivity contribution in [3.8, 4) is 0 Å². The van der Waals surface area contributed by atoms with Gasteiger partial charge in [0.15, 0.2) is 9.84 Å². The zero-order chi connectivity index (χ0) is 31.7. The Morgan fingerprint density at radius 2 is 1.66 bits per heavy atom. The second kappa shape index (κ2) is 15.4. The van der Waals surface area contributed by atoms with Crippen LogP contribution in [-0.4, -0.2) is 41.1 Å². The molecule has 0 saturated carbocycles. The van der Waals surface area contributed by atoms with E-state index >= 15 is 0 Å². The highest BCUT2D eigenvalue weighted by Crippen LogP contribution is 2.26. The van der Waals surface area contributed by atoms with Crippen LogP contribution in [0.2, 0.25) is 5.02 Å². The zero-order valence-electron chi connectivity index (χ0n) is 23.2. The van der Waals surface area contributed by atoms with Crippen molar-refractivity contribution in [2.24, 2.45) is 5.92 Å². The lowest BCUT2D eigenvalue weighted by Crippen LogP contribution is -2.40. The van der Waals surface area contributed by atoms with Crippen molar-refractivity contribution in [3.63, 3.8) is 0 Å². The fourth-order valence-electron chi connectivity index (χ4n) is 4.24. The number of nitrogens with zero attached hydrogens (tertiary/aromatic N) is 1. The van der Waals surface area contributed by atoms with Gasteiger partial charge in [-0.1, -0.05) is 54.1 Å².